The first kappa shape index (κ1) is 15.6. The number of fused-ring (bicyclic) bond motifs is 1. The van der Waals surface area contributed by atoms with Gasteiger partial charge in [-0.25, -0.2) is 4.98 Å². The minimum absolute atomic E-state index is 0.0443. The zero-order valence-corrected chi connectivity index (χ0v) is 15.5. The first-order chi connectivity index (χ1) is 11.6. The number of hydrogen-bond acceptors (Lipinski definition) is 5. The molecule has 1 fully saturated rings. The van der Waals surface area contributed by atoms with Gasteiger partial charge in [0.15, 0.2) is 5.13 Å². The van der Waals surface area contributed by atoms with Crippen molar-refractivity contribution < 1.29 is 4.79 Å². The Kier molecular flexibility index (Phi) is 4.01. The Labute approximate surface area is 151 Å². The van der Waals surface area contributed by atoms with E-state index in [1.165, 1.54) is 4.70 Å². The molecule has 2 aromatic heterocycles. The van der Waals surface area contributed by atoms with Crippen LogP contribution >= 0.6 is 27.3 Å². The van der Waals surface area contributed by atoms with Crippen molar-refractivity contribution >= 4 is 48.5 Å². The molecule has 1 aromatic carbocycles. The van der Waals surface area contributed by atoms with Gasteiger partial charge in [0.25, 0.3) is 5.91 Å². The summed E-state index contributed by atoms with van der Waals surface area (Å²) in [6.45, 7) is 2.99. The molecule has 1 saturated heterocycles. The molecule has 24 heavy (non-hydrogen) atoms. The van der Waals surface area contributed by atoms with Crippen molar-refractivity contribution in [2.75, 3.05) is 31.1 Å². The molecule has 0 saturated carbocycles. The SMILES string of the molecule is Cn1nccc1C(=O)N1CCN(c2nc3ccc(Br)cc3s2)CC1. The quantitative estimate of drug-likeness (QED) is 0.657. The summed E-state index contributed by atoms with van der Waals surface area (Å²) in [5.41, 5.74) is 1.65. The summed E-state index contributed by atoms with van der Waals surface area (Å²) in [7, 11) is 1.79. The normalized spacial score (nSPS) is 15.2. The van der Waals surface area contributed by atoms with Gasteiger partial charge in [0.05, 0.1) is 10.2 Å². The molecule has 0 unspecified atom stereocenters. The number of anilines is 1. The van der Waals surface area contributed by atoms with Gasteiger partial charge >= 0.3 is 0 Å². The van der Waals surface area contributed by atoms with Crippen LogP contribution in [0.2, 0.25) is 0 Å². The number of amides is 1. The second-order valence-corrected chi connectivity index (χ2v) is 7.65. The summed E-state index contributed by atoms with van der Waals surface area (Å²) >= 11 is 5.20. The van der Waals surface area contributed by atoms with Crippen LogP contribution in [0.1, 0.15) is 10.5 Å². The minimum Gasteiger partial charge on any atom is -0.345 e. The lowest BCUT2D eigenvalue weighted by Crippen LogP contribution is -2.49. The maximum absolute atomic E-state index is 12.5. The number of aromatic nitrogens is 3. The predicted octanol–water partition coefficient (Wildman–Crippen LogP) is 2.75. The van der Waals surface area contributed by atoms with Crippen molar-refractivity contribution in [2.24, 2.45) is 7.05 Å². The number of piperazine rings is 1. The zero-order chi connectivity index (χ0) is 16.7. The van der Waals surface area contributed by atoms with Crippen LogP contribution in [-0.4, -0.2) is 51.8 Å². The van der Waals surface area contributed by atoms with Gasteiger partial charge < -0.3 is 9.80 Å². The molecule has 0 spiro atoms. The maximum atomic E-state index is 12.5. The molecule has 6 nitrogen and oxygen atoms in total. The highest BCUT2D eigenvalue weighted by atomic mass is 79.9. The predicted molar refractivity (Wildman–Crippen MR) is 98.6 cm³/mol. The van der Waals surface area contributed by atoms with Crippen LogP contribution in [0.3, 0.4) is 0 Å². The van der Waals surface area contributed by atoms with Gasteiger partial charge in [-0.3, -0.25) is 9.48 Å². The molecule has 0 atom stereocenters. The van der Waals surface area contributed by atoms with Crippen LogP contribution in [0.4, 0.5) is 5.13 Å². The molecular formula is C16H16BrN5OS. The van der Waals surface area contributed by atoms with Crippen LogP contribution in [0.5, 0.6) is 0 Å². The zero-order valence-electron chi connectivity index (χ0n) is 13.1. The van der Waals surface area contributed by atoms with Gasteiger partial charge in [-0.05, 0) is 24.3 Å². The van der Waals surface area contributed by atoms with E-state index in [2.05, 4.69) is 32.0 Å². The largest absolute Gasteiger partial charge is 0.345 e. The number of hydrogen-bond donors (Lipinski definition) is 0. The first-order valence-electron chi connectivity index (χ1n) is 7.70. The second-order valence-electron chi connectivity index (χ2n) is 5.73. The lowest BCUT2D eigenvalue weighted by atomic mass is 10.3. The van der Waals surface area contributed by atoms with E-state index in [-0.39, 0.29) is 5.91 Å². The number of carbonyl (C=O) groups excluding carboxylic acids is 1. The summed E-state index contributed by atoms with van der Waals surface area (Å²) in [5, 5.41) is 5.10. The highest BCUT2D eigenvalue weighted by molar-refractivity contribution is 9.10. The first-order valence-corrected chi connectivity index (χ1v) is 9.31. The standard InChI is InChI=1S/C16H16BrN5OS/c1-20-13(4-5-18-20)15(23)21-6-8-22(9-7-21)16-19-12-3-2-11(17)10-14(12)24-16/h2-5,10H,6-9H2,1H3. The van der Waals surface area contributed by atoms with Crippen molar-refractivity contribution in [1.82, 2.24) is 19.7 Å². The molecule has 4 rings (SSSR count). The third-order valence-corrected chi connectivity index (χ3v) is 5.79. The summed E-state index contributed by atoms with van der Waals surface area (Å²) in [5.74, 6) is 0.0443. The number of aryl methyl sites for hydroxylation is 1. The van der Waals surface area contributed by atoms with E-state index < -0.39 is 0 Å². The van der Waals surface area contributed by atoms with E-state index in [0.717, 1.165) is 28.2 Å². The molecule has 3 heterocycles. The van der Waals surface area contributed by atoms with Gasteiger partial charge in [0.1, 0.15) is 5.69 Å². The fourth-order valence-corrected chi connectivity index (χ4v) is 4.44. The second kappa shape index (κ2) is 6.18. The minimum atomic E-state index is 0.0443. The average molecular weight is 406 g/mol. The topological polar surface area (TPSA) is 54.3 Å². The van der Waals surface area contributed by atoms with E-state index in [1.807, 2.05) is 17.0 Å². The molecule has 0 N–H and O–H groups in total. The Bertz CT molecular complexity index is 897. The van der Waals surface area contributed by atoms with Gasteiger partial charge in [-0.2, -0.15) is 5.10 Å². The van der Waals surface area contributed by atoms with Gasteiger partial charge in [-0.15, -0.1) is 0 Å². The highest BCUT2D eigenvalue weighted by Gasteiger charge is 2.25. The molecule has 1 amide bonds. The number of thiazole rings is 1. The van der Waals surface area contributed by atoms with E-state index >= 15 is 0 Å². The number of carbonyl (C=O) groups is 1. The van der Waals surface area contributed by atoms with E-state index in [1.54, 1.807) is 35.3 Å². The number of benzene rings is 1. The Morgan fingerprint density at radius 3 is 2.71 bits per heavy atom. The Balaban J connectivity index is 1.47. The molecule has 8 heteroatoms. The summed E-state index contributed by atoms with van der Waals surface area (Å²) in [6, 6.07) is 7.90. The number of rotatable bonds is 2. The summed E-state index contributed by atoms with van der Waals surface area (Å²) in [4.78, 5) is 21.4. The van der Waals surface area contributed by atoms with Crippen LogP contribution in [0.15, 0.2) is 34.9 Å². The smallest absolute Gasteiger partial charge is 0.272 e. The van der Waals surface area contributed by atoms with Crippen LogP contribution in [-0.2, 0) is 7.05 Å². The summed E-state index contributed by atoms with van der Waals surface area (Å²) in [6.07, 6.45) is 1.66. The third-order valence-electron chi connectivity index (χ3n) is 4.22. The fourth-order valence-electron chi connectivity index (χ4n) is 2.87. The van der Waals surface area contributed by atoms with Crippen LogP contribution in [0.25, 0.3) is 10.2 Å². The van der Waals surface area contributed by atoms with Gasteiger partial charge in [0, 0.05) is 43.9 Å². The van der Waals surface area contributed by atoms with Crippen molar-refractivity contribution in [3.8, 4) is 0 Å². The molecule has 0 radical (unpaired) electrons. The van der Waals surface area contributed by atoms with Crippen molar-refractivity contribution in [3.05, 3.63) is 40.6 Å². The third kappa shape index (κ3) is 2.80. The molecular weight excluding hydrogens is 390 g/mol. The van der Waals surface area contributed by atoms with Gasteiger partial charge in [-0.1, -0.05) is 27.3 Å². The lowest BCUT2D eigenvalue weighted by molar-refractivity contribution is 0.0735. The van der Waals surface area contributed by atoms with E-state index in [9.17, 15) is 4.79 Å². The lowest BCUT2D eigenvalue weighted by Gasteiger charge is -2.34. The Morgan fingerprint density at radius 2 is 2.00 bits per heavy atom. The molecule has 3 aromatic rings. The molecule has 0 bridgehead atoms. The maximum Gasteiger partial charge on any atom is 0.272 e. The average Bonchev–Trinajstić information content (AvgIpc) is 3.20. The monoisotopic (exact) mass is 405 g/mol. The van der Waals surface area contributed by atoms with Crippen molar-refractivity contribution in [2.45, 2.75) is 0 Å². The summed E-state index contributed by atoms with van der Waals surface area (Å²) < 4.78 is 3.87. The van der Waals surface area contributed by atoms with Crippen molar-refractivity contribution in [3.63, 3.8) is 0 Å². The van der Waals surface area contributed by atoms with E-state index in [0.29, 0.717) is 18.8 Å². The fraction of sp³-hybridized carbons (Fsp3) is 0.312. The number of nitrogens with zero attached hydrogens (tertiary/aromatic N) is 5. The van der Waals surface area contributed by atoms with Crippen molar-refractivity contribution in [1.29, 1.82) is 0 Å². The Hall–Kier alpha value is -1.93. The van der Waals surface area contributed by atoms with Crippen LogP contribution in [0, 0.1) is 0 Å². The highest BCUT2D eigenvalue weighted by Crippen LogP contribution is 2.31. The molecule has 1 aliphatic heterocycles. The molecule has 1 aliphatic rings. The van der Waals surface area contributed by atoms with Crippen LogP contribution < -0.4 is 4.90 Å². The van der Waals surface area contributed by atoms with E-state index in [4.69, 9.17) is 4.98 Å². The Morgan fingerprint density at radius 1 is 1.21 bits per heavy atom. The molecule has 0 aliphatic carbocycles. The number of halogens is 1. The van der Waals surface area contributed by atoms with Gasteiger partial charge in [0.2, 0.25) is 0 Å². The molecule has 124 valence electrons.